The maximum absolute atomic E-state index is 13.0. The number of unbranched alkanes of at least 4 members (excludes halogenated alkanes) is 1. The Kier molecular flexibility index (Phi) is 12.0. The molecule has 2 amide bonds. The van der Waals surface area contributed by atoms with Crippen LogP contribution in [0, 0.1) is 0 Å². The van der Waals surface area contributed by atoms with E-state index in [-0.39, 0.29) is 46.5 Å². The van der Waals surface area contributed by atoms with E-state index in [2.05, 4.69) is 10.6 Å². The van der Waals surface area contributed by atoms with Crippen molar-refractivity contribution >= 4 is 43.2 Å². The Labute approximate surface area is 262 Å². The van der Waals surface area contributed by atoms with Crippen molar-refractivity contribution in [2.24, 2.45) is 0 Å². The summed E-state index contributed by atoms with van der Waals surface area (Å²) in [5.41, 5.74) is 1.03. The molecule has 2 fully saturated rings. The van der Waals surface area contributed by atoms with Gasteiger partial charge in [-0.3, -0.25) is 9.59 Å². The summed E-state index contributed by atoms with van der Waals surface area (Å²) >= 11 is 0. The van der Waals surface area contributed by atoms with E-state index in [1.807, 2.05) is 0 Å². The number of nitrogens with one attached hydrogen (secondary N) is 2. The fourth-order valence-corrected chi connectivity index (χ4v) is 8.88. The largest absolute Gasteiger partial charge is 0.326 e. The average Bonchev–Trinajstić information content (AvgIpc) is 3.03. The molecule has 0 unspecified atom stereocenters. The maximum atomic E-state index is 13.0. The van der Waals surface area contributed by atoms with Crippen molar-refractivity contribution in [2.45, 2.75) is 112 Å². The van der Waals surface area contributed by atoms with E-state index in [9.17, 15) is 26.4 Å². The monoisotopic (exact) mass is 646 g/mol. The van der Waals surface area contributed by atoms with Gasteiger partial charge in [0.05, 0.1) is 9.79 Å². The van der Waals surface area contributed by atoms with E-state index < -0.39 is 20.0 Å². The molecule has 0 atom stereocenters. The molecule has 2 aromatic rings. The molecule has 0 aromatic heterocycles. The second-order valence-corrected chi connectivity index (χ2v) is 16.0. The molecule has 0 aliphatic heterocycles. The van der Waals surface area contributed by atoms with Crippen molar-refractivity contribution < 1.29 is 26.4 Å². The van der Waals surface area contributed by atoms with Gasteiger partial charge >= 0.3 is 0 Å². The molecule has 2 aliphatic rings. The number of sulfonamides is 2. The summed E-state index contributed by atoms with van der Waals surface area (Å²) in [6.07, 6.45) is 11.4. The number of benzene rings is 2. The Morgan fingerprint density at radius 2 is 0.909 bits per heavy atom. The van der Waals surface area contributed by atoms with Crippen LogP contribution in [0.1, 0.15) is 89.9 Å². The zero-order chi connectivity index (χ0) is 31.7. The van der Waals surface area contributed by atoms with E-state index >= 15 is 0 Å². The van der Waals surface area contributed by atoms with Gasteiger partial charge in [-0.1, -0.05) is 38.5 Å². The lowest BCUT2D eigenvalue weighted by atomic mass is 9.96. The van der Waals surface area contributed by atoms with Gasteiger partial charge in [0.2, 0.25) is 31.9 Å². The number of nitrogens with zero attached hydrogens (tertiary/aromatic N) is 2. The number of amides is 2. The second kappa shape index (κ2) is 15.5. The summed E-state index contributed by atoms with van der Waals surface area (Å²) in [5, 5.41) is 5.57. The van der Waals surface area contributed by atoms with Crippen LogP contribution in [0.25, 0.3) is 0 Å². The van der Waals surface area contributed by atoms with E-state index in [1.54, 1.807) is 38.4 Å². The first-order valence-corrected chi connectivity index (χ1v) is 18.6. The average molecular weight is 647 g/mol. The van der Waals surface area contributed by atoms with Gasteiger partial charge in [0.15, 0.2) is 0 Å². The highest BCUT2D eigenvalue weighted by Crippen LogP contribution is 2.28. The summed E-state index contributed by atoms with van der Waals surface area (Å²) in [4.78, 5) is 25.2. The molecule has 2 N–H and O–H groups in total. The number of carbonyl (C=O) groups excluding carboxylic acids is 2. The SMILES string of the molecule is CN(C1CCCCC1)S(=O)(=O)c1ccc(NC(=O)CCCCC(=O)Nc2ccc(S(=O)(=O)N(C)C3CCCCC3)cc2)cc1. The van der Waals surface area contributed by atoms with Gasteiger partial charge in [0, 0.05) is 50.4 Å². The minimum absolute atomic E-state index is 0.0255. The van der Waals surface area contributed by atoms with Crippen LogP contribution < -0.4 is 10.6 Å². The molecule has 2 aromatic carbocycles. The van der Waals surface area contributed by atoms with Crippen molar-refractivity contribution in [1.82, 2.24) is 8.61 Å². The van der Waals surface area contributed by atoms with Crippen molar-refractivity contribution in [1.29, 1.82) is 0 Å². The van der Waals surface area contributed by atoms with Crippen LogP contribution in [0.4, 0.5) is 11.4 Å². The van der Waals surface area contributed by atoms with E-state index in [4.69, 9.17) is 0 Å². The smallest absolute Gasteiger partial charge is 0.243 e. The number of carbonyl (C=O) groups is 2. The summed E-state index contributed by atoms with van der Waals surface area (Å²) < 4.78 is 55.1. The Balaban J connectivity index is 1.17. The molecule has 0 spiro atoms. The predicted molar refractivity (Wildman–Crippen MR) is 172 cm³/mol. The number of anilines is 2. The molecule has 12 heteroatoms. The Hall–Kier alpha value is -2.80. The van der Waals surface area contributed by atoms with Gasteiger partial charge in [-0.05, 0) is 87.1 Å². The zero-order valence-corrected chi connectivity index (χ0v) is 27.5. The van der Waals surface area contributed by atoms with Crippen LogP contribution in [0.15, 0.2) is 58.3 Å². The third-order valence-electron chi connectivity index (χ3n) is 8.87. The first kappa shape index (κ1) is 34.1. The highest BCUT2D eigenvalue weighted by atomic mass is 32.2. The third-order valence-corrected chi connectivity index (χ3v) is 12.7. The molecule has 4 rings (SSSR count). The van der Waals surface area contributed by atoms with Crippen LogP contribution >= 0.6 is 0 Å². The highest BCUT2D eigenvalue weighted by Gasteiger charge is 2.30. The first-order valence-electron chi connectivity index (χ1n) is 15.7. The molecular weight excluding hydrogens is 601 g/mol. The number of hydrogen-bond acceptors (Lipinski definition) is 6. The first-order chi connectivity index (χ1) is 21.0. The quantitative estimate of drug-likeness (QED) is 0.267. The molecule has 0 saturated heterocycles. The molecule has 242 valence electrons. The molecule has 2 aliphatic carbocycles. The Morgan fingerprint density at radius 1 is 0.591 bits per heavy atom. The Bertz CT molecular complexity index is 1350. The normalized spacial score (nSPS) is 17.1. The van der Waals surface area contributed by atoms with E-state index in [0.717, 1.165) is 64.2 Å². The van der Waals surface area contributed by atoms with E-state index in [0.29, 0.717) is 24.2 Å². The fraction of sp³-hybridized carbons (Fsp3) is 0.562. The van der Waals surface area contributed by atoms with Gasteiger partial charge < -0.3 is 10.6 Å². The molecule has 0 heterocycles. The van der Waals surface area contributed by atoms with Crippen molar-refractivity contribution in [3.8, 4) is 0 Å². The molecule has 2 saturated carbocycles. The van der Waals surface area contributed by atoms with Crippen LogP contribution in [-0.2, 0) is 29.6 Å². The molecule has 0 radical (unpaired) electrons. The second-order valence-electron chi connectivity index (χ2n) is 12.0. The van der Waals surface area contributed by atoms with E-state index in [1.165, 1.54) is 32.9 Å². The van der Waals surface area contributed by atoms with Gasteiger partial charge in [-0.2, -0.15) is 8.61 Å². The number of rotatable bonds is 13. The van der Waals surface area contributed by atoms with Gasteiger partial charge in [-0.25, -0.2) is 16.8 Å². The zero-order valence-electron chi connectivity index (χ0n) is 25.8. The minimum atomic E-state index is -3.59. The summed E-state index contributed by atoms with van der Waals surface area (Å²) in [7, 11) is -3.91. The van der Waals surface area contributed by atoms with Gasteiger partial charge in [-0.15, -0.1) is 0 Å². The third kappa shape index (κ3) is 8.89. The van der Waals surface area contributed by atoms with Crippen LogP contribution in [0.5, 0.6) is 0 Å². The predicted octanol–water partition coefficient (Wildman–Crippen LogP) is 5.73. The van der Waals surface area contributed by atoms with Crippen LogP contribution in [0.3, 0.4) is 0 Å². The number of hydrogen-bond donors (Lipinski definition) is 2. The van der Waals surface area contributed by atoms with Crippen LogP contribution in [-0.4, -0.2) is 63.4 Å². The van der Waals surface area contributed by atoms with Gasteiger partial charge in [0.1, 0.15) is 0 Å². The molecule has 10 nitrogen and oxygen atoms in total. The molecule has 44 heavy (non-hydrogen) atoms. The topological polar surface area (TPSA) is 133 Å². The lowest BCUT2D eigenvalue weighted by Gasteiger charge is -2.30. The van der Waals surface area contributed by atoms with Gasteiger partial charge in [0.25, 0.3) is 0 Å². The Morgan fingerprint density at radius 3 is 1.23 bits per heavy atom. The van der Waals surface area contributed by atoms with Crippen LogP contribution in [0.2, 0.25) is 0 Å². The lowest BCUT2D eigenvalue weighted by molar-refractivity contribution is -0.118. The molecule has 0 bridgehead atoms. The van der Waals surface area contributed by atoms with Crippen molar-refractivity contribution in [3.63, 3.8) is 0 Å². The standard InChI is InChI=1S/C32H46N4O6S2/c1-35(27-11-5-3-6-12-27)43(39,40)29-21-17-25(18-22-29)33-31(37)15-9-10-16-32(38)34-26-19-23-30(24-20-26)44(41,42)36(2)28-13-7-4-8-14-28/h17-24,27-28H,3-16H2,1-2H3,(H,33,37)(H,34,38). The van der Waals surface area contributed by atoms with Crippen molar-refractivity contribution in [3.05, 3.63) is 48.5 Å². The highest BCUT2D eigenvalue weighted by molar-refractivity contribution is 7.89. The fourth-order valence-electron chi connectivity index (χ4n) is 6.05. The van der Waals surface area contributed by atoms with Crippen molar-refractivity contribution in [2.75, 3.05) is 24.7 Å². The summed E-state index contributed by atoms with van der Waals surface area (Å²) in [6, 6.07) is 12.5. The maximum Gasteiger partial charge on any atom is 0.243 e. The lowest BCUT2D eigenvalue weighted by Crippen LogP contribution is -2.38. The minimum Gasteiger partial charge on any atom is -0.326 e. The molecular formula is C32H46N4O6S2. The summed E-state index contributed by atoms with van der Waals surface area (Å²) in [5.74, 6) is -0.425. The summed E-state index contributed by atoms with van der Waals surface area (Å²) in [6.45, 7) is 0.